The van der Waals surface area contributed by atoms with Gasteiger partial charge in [0.2, 0.25) is 5.95 Å². The number of hydrogen-bond acceptors (Lipinski definition) is 7. The molecule has 0 amide bonds. The number of fused-ring (bicyclic) bond motifs is 1. The molecule has 2 aromatic heterocycles. The quantitative estimate of drug-likeness (QED) is 0.485. The Balaban J connectivity index is 0.000000229. The minimum absolute atomic E-state index is 0.0801. The van der Waals surface area contributed by atoms with Crippen molar-refractivity contribution in [3.63, 3.8) is 0 Å². The van der Waals surface area contributed by atoms with Crippen LogP contribution in [0.5, 0.6) is 0 Å². The van der Waals surface area contributed by atoms with E-state index in [9.17, 15) is 4.79 Å². The molecule has 0 fully saturated rings. The van der Waals surface area contributed by atoms with Gasteiger partial charge in [-0.05, 0) is 24.3 Å². The predicted molar refractivity (Wildman–Crippen MR) is 120 cm³/mol. The van der Waals surface area contributed by atoms with Gasteiger partial charge in [-0.2, -0.15) is 10.2 Å². The SMILES string of the molecule is C#Cc1cccc2nc(CC)n(-c3ccccc3)c(=O)c12.N#Cc1cnc(N)nc1N. The molecule has 31 heavy (non-hydrogen) atoms. The van der Waals surface area contributed by atoms with E-state index < -0.39 is 0 Å². The molecule has 0 aliphatic carbocycles. The first-order valence-electron chi connectivity index (χ1n) is 9.34. The highest BCUT2D eigenvalue weighted by atomic mass is 16.1. The van der Waals surface area contributed by atoms with Crippen LogP contribution in [-0.2, 0) is 6.42 Å². The highest BCUT2D eigenvalue weighted by molar-refractivity contribution is 5.84. The van der Waals surface area contributed by atoms with Crippen molar-refractivity contribution in [3.8, 4) is 24.1 Å². The van der Waals surface area contributed by atoms with E-state index >= 15 is 0 Å². The minimum atomic E-state index is -0.114. The van der Waals surface area contributed by atoms with Crippen LogP contribution in [0.4, 0.5) is 11.8 Å². The van der Waals surface area contributed by atoms with Crippen molar-refractivity contribution in [1.29, 1.82) is 5.26 Å². The molecule has 0 saturated carbocycles. The number of aryl methyl sites for hydroxylation is 1. The van der Waals surface area contributed by atoms with Crippen LogP contribution in [0.25, 0.3) is 16.6 Å². The Morgan fingerprint density at radius 2 is 1.81 bits per heavy atom. The average Bonchev–Trinajstić information content (AvgIpc) is 2.79. The Hall–Kier alpha value is -4.69. The molecule has 0 unspecified atom stereocenters. The number of nitrogen functional groups attached to an aromatic ring is 2. The third kappa shape index (κ3) is 4.34. The van der Waals surface area contributed by atoms with Gasteiger partial charge >= 0.3 is 0 Å². The molecule has 0 aliphatic rings. The fraction of sp³-hybridized carbons (Fsp3) is 0.0870. The van der Waals surface area contributed by atoms with Crippen molar-refractivity contribution in [3.05, 3.63) is 82.0 Å². The zero-order chi connectivity index (χ0) is 22.4. The molecule has 2 heterocycles. The number of hydrogen-bond donors (Lipinski definition) is 2. The van der Waals surface area contributed by atoms with Crippen molar-refractivity contribution in [2.45, 2.75) is 13.3 Å². The Bertz CT molecular complexity index is 1380. The van der Waals surface area contributed by atoms with Crippen molar-refractivity contribution < 1.29 is 0 Å². The van der Waals surface area contributed by atoms with Gasteiger partial charge in [-0.25, -0.2) is 9.97 Å². The normalized spacial score (nSPS) is 9.90. The Morgan fingerprint density at radius 1 is 1.06 bits per heavy atom. The first kappa shape index (κ1) is 21.0. The summed E-state index contributed by atoms with van der Waals surface area (Å²) in [6.45, 7) is 1.98. The van der Waals surface area contributed by atoms with Gasteiger partial charge in [0.1, 0.15) is 23.3 Å². The van der Waals surface area contributed by atoms with E-state index in [4.69, 9.17) is 23.2 Å². The first-order chi connectivity index (χ1) is 15.0. The van der Waals surface area contributed by atoms with Gasteiger partial charge < -0.3 is 11.5 Å². The van der Waals surface area contributed by atoms with Gasteiger partial charge in [-0.3, -0.25) is 9.36 Å². The van der Waals surface area contributed by atoms with Gasteiger partial charge in [-0.15, -0.1) is 6.42 Å². The van der Waals surface area contributed by atoms with E-state index in [1.807, 2.05) is 55.5 Å². The summed E-state index contributed by atoms with van der Waals surface area (Å²) >= 11 is 0. The molecule has 152 valence electrons. The maximum Gasteiger partial charge on any atom is 0.267 e. The zero-order valence-corrected chi connectivity index (χ0v) is 16.8. The number of benzene rings is 2. The van der Waals surface area contributed by atoms with Crippen LogP contribution >= 0.6 is 0 Å². The van der Waals surface area contributed by atoms with Gasteiger partial charge in [-0.1, -0.05) is 37.1 Å². The van der Waals surface area contributed by atoms with Gasteiger partial charge in [0.25, 0.3) is 5.56 Å². The molecule has 4 aromatic rings. The third-order valence-corrected chi connectivity index (χ3v) is 4.41. The molecular weight excluding hydrogens is 390 g/mol. The van der Waals surface area contributed by atoms with Crippen LogP contribution in [0, 0.1) is 23.7 Å². The third-order valence-electron chi connectivity index (χ3n) is 4.41. The van der Waals surface area contributed by atoms with Crippen molar-refractivity contribution in [2.75, 3.05) is 11.5 Å². The predicted octanol–water partition coefficient (Wildman–Crippen LogP) is 2.44. The summed E-state index contributed by atoms with van der Waals surface area (Å²) in [5, 5.41) is 8.86. The van der Waals surface area contributed by atoms with E-state index in [1.54, 1.807) is 10.6 Å². The summed E-state index contributed by atoms with van der Waals surface area (Å²) in [6.07, 6.45) is 7.47. The molecule has 0 aliphatic heterocycles. The molecule has 0 radical (unpaired) electrons. The lowest BCUT2D eigenvalue weighted by Crippen LogP contribution is -2.24. The molecule has 2 aromatic carbocycles. The van der Waals surface area contributed by atoms with Crippen LogP contribution in [0.3, 0.4) is 0 Å². The summed E-state index contributed by atoms with van der Waals surface area (Å²) in [5.41, 5.74) is 12.6. The lowest BCUT2D eigenvalue weighted by molar-refractivity contribution is 0.833. The van der Waals surface area contributed by atoms with Crippen LogP contribution in [0.1, 0.15) is 23.9 Å². The molecular formula is C23H19N7O. The van der Waals surface area contributed by atoms with Crippen molar-refractivity contribution in [2.24, 2.45) is 0 Å². The largest absolute Gasteiger partial charge is 0.382 e. The van der Waals surface area contributed by atoms with Crippen molar-refractivity contribution in [1.82, 2.24) is 19.5 Å². The maximum atomic E-state index is 12.9. The monoisotopic (exact) mass is 409 g/mol. The maximum absolute atomic E-state index is 12.9. The number of anilines is 2. The molecule has 4 N–H and O–H groups in total. The Kier molecular flexibility index (Phi) is 6.24. The summed E-state index contributed by atoms with van der Waals surface area (Å²) in [4.78, 5) is 24.7. The lowest BCUT2D eigenvalue weighted by atomic mass is 10.1. The van der Waals surface area contributed by atoms with E-state index in [2.05, 4.69) is 20.9 Å². The number of aromatic nitrogens is 4. The second kappa shape index (κ2) is 9.21. The van der Waals surface area contributed by atoms with E-state index in [0.717, 1.165) is 11.5 Å². The lowest BCUT2D eigenvalue weighted by Gasteiger charge is -2.13. The van der Waals surface area contributed by atoms with Crippen molar-refractivity contribution >= 4 is 22.7 Å². The van der Waals surface area contributed by atoms with E-state index in [1.165, 1.54) is 6.20 Å². The summed E-state index contributed by atoms with van der Waals surface area (Å²) in [7, 11) is 0. The first-order valence-corrected chi connectivity index (χ1v) is 9.34. The van der Waals surface area contributed by atoms with Crippen LogP contribution in [-0.4, -0.2) is 19.5 Å². The molecule has 8 heteroatoms. The smallest absolute Gasteiger partial charge is 0.267 e. The fourth-order valence-corrected chi connectivity index (χ4v) is 2.97. The van der Waals surface area contributed by atoms with Crippen LogP contribution in [0.2, 0.25) is 0 Å². The van der Waals surface area contributed by atoms with E-state index in [-0.39, 0.29) is 22.9 Å². The topological polar surface area (TPSA) is 136 Å². The Morgan fingerprint density at radius 3 is 2.42 bits per heavy atom. The number of rotatable bonds is 2. The average molecular weight is 409 g/mol. The highest BCUT2D eigenvalue weighted by Gasteiger charge is 2.13. The second-order valence-electron chi connectivity index (χ2n) is 6.34. The van der Waals surface area contributed by atoms with Crippen LogP contribution < -0.4 is 17.0 Å². The summed E-state index contributed by atoms with van der Waals surface area (Å²) < 4.78 is 1.64. The number of nitriles is 1. The van der Waals surface area contributed by atoms with Gasteiger partial charge in [0.15, 0.2) is 0 Å². The summed E-state index contributed by atoms with van der Waals surface area (Å²) in [6, 6.07) is 16.8. The Labute approximate surface area is 178 Å². The minimum Gasteiger partial charge on any atom is -0.382 e. The number of terminal acetylenes is 1. The van der Waals surface area contributed by atoms with Gasteiger partial charge in [0.05, 0.1) is 22.8 Å². The van der Waals surface area contributed by atoms with E-state index in [0.29, 0.717) is 22.9 Å². The highest BCUT2D eigenvalue weighted by Crippen LogP contribution is 2.16. The summed E-state index contributed by atoms with van der Waals surface area (Å²) in [5.74, 6) is 3.50. The second-order valence-corrected chi connectivity index (χ2v) is 6.34. The zero-order valence-electron chi connectivity index (χ0n) is 16.8. The van der Waals surface area contributed by atoms with Gasteiger partial charge in [0, 0.05) is 12.0 Å². The molecule has 8 nitrogen and oxygen atoms in total. The molecule has 0 spiro atoms. The number of nitrogens with two attached hydrogens (primary N) is 2. The molecule has 4 rings (SSSR count). The molecule has 0 saturated heterocycles. The van der Waals surface area contributed by atoms with Crippen LogP contribution in [0.15, 0.2) is 59.5 Å². The molecule has 0 atom stereocenters. The number of para-hydroxylation sites is 1. The standard InChI is InChI=1S/C18H14N2O.C5H5N5/c1-3-13-9-8-12-15-17(13)18(21)20(16(4-2)19-15)14-10-6-5-7-11-14;6-1-3-2-9-5(8)10-4(3)7/h1,5-12H,4H2,2H3;2H,(H4,7,8,9,10). The number of nitrogens with zero attached hydrogens (tertiary/aromatic N) is 5. The fourth-order valence-electron chi connectivity index (χ4n) is 2.97. The molecule has 0 bridgehead atoms.